The maximum absolute atomic E-state index is 13.1. The second-order valence-electron chi connectivity index (χ2n) is 6.66. The van der Waals surface area contributed by atoms with Gasteiger partial charge in [-0.05, 0) is 38.1 Å². The van der Waals surface area contributed by atoms with Crippen molar-refractivity contribution in [3.63, 3.8) is 0 Å². The summed E-state index contributed by atoms with van der Waals surface area (Å²) in [6, 6.07) is 6.16. The van der Waals surface area contributed by atoms with E-state index in [1.165, 1.54) is 12.1 Å². The number of piperazine rings is 1. The number of anilines is 1. The maximum atomic E-state index is 13.1. The first kappa shape index (κ1) is 22.5. The number of rotatable bonds is 5. The van der Waals surface area contributed by atoms with Crippen LogP contribution in [-0.4, -0.2) is 53.7 Å². The van der Waals surface area contributed by atoms with Crippen molar-refractivity contribution < 1.29 is 75.6 Å². The van der Waals surface area contributed by atoms with Gasteiger partial charge < -0.3 is 24.8 Å². The Morgan fingerprint density at radius 3 is 2.36 bits per heavy atom. The van der Waals surface area contributed by atoms with Crippen LogP contribution in [0.2, 0.25) is 0 Å². The maximum Gasteiger partial charge on any atom is 1.00 e. The molecule has 0 aliphatic carbocycles. The van der Waals surface area contributed by atoms with Crippen LogP contribution in [0.4, 0.5) is 10.1 Å². The Labute approximate surface area is 189 Å². The van der Waals surface area contributed by atoms with E-state index in [1.807, 2.05) is 13.8 Å². The quantitative estimate of drug-likeness (QED) is 0.554. The van der Waals surface area contributed by atoms with Gasteiger partial charge in [0.2, 0.25) is 5.91 Å². The predicted molar refractivity (Wildman–Crippen MR) is 84.6 cm³/mol. The van der Waals surface area contributed by atoms with Crippen LogP contribution in [0.25, 0.3) is 0 Å². The first-order chi connectivity index (χ1) is 11.2. The number of carbonyl (C=O) groups is 2. The number of benzene rings is 1. The molecule has 1 amide bonds. The van der Waals surface area contributed by atoms with E-state index in [1.54, 1.807) is 17.0 Å². The van der Waals surface area contributed by atoms with E-state index in [-0.39, 0.29) is 63.1 Å². The summed E-state index contributed by atoms with van der Waals surface area (Å²) in [6.45, 7) is 4.70. The van der Waals surface area contributed by atoms with Gasteiger partial charge >= 0.3 is 51.4 Å². The smallest absolute Gasteiger partial charge is 0.550 e. The Morgan fingerprint density at radius 1 is 1.28 bits per heavy atom. The van der Waals surface area contributed by atoms with Gasteiger partial charge in [0.1, 0.15) is 5.82 Å². The molecule has 1 aliphatic heterocycles. The number of carboxylic acids is 1. The predicted octanol–water partition coefficient (Wildman–Crippen LogP) is -2.99. The van der Waals surface area contributed by atoms with Crippen molar-refractivity contribution in [1.29, 1.82) is 0 Å². The second kappa shape index (κ2) is 9.43. The molecule has 1 aliphatic rings. The molecule has 1 N–H and O–H groups in total. The van der Waals surface area contributed by atoms with Crippen molar-refractivity contribution >= 4 is 17.6 Å². The molecule has 1 heterocycles. The molecule has 1 saturated heterocycles. The van der Waals surface area contributed by atoms with Crippen molar-refractivity contribution in [3.05, 3.63) is 30.1 Å². The number of amides is 1. The fraction of sp³-hybridized carbons (Fsp3) is 0.529. The summed E-state index contributed by atoms with van der Waals surface area (Å²) in [5.74, 6) is -3.04. The van der Waals surface area contributed by atoms with E-state index in [4.69, 9.17) is 0 Å². The van der Waals surface area contributed by atoms with Crippen molar-refractivity contribution in [2.45, 2.75) is 25.8 Å². The Hall–Kier alpha value is -0.514. The van der Waals surface area contributed by atoms with Crippen LogP contribution in [-0.2, 0) is 9.59 Å². The van der Waals surface area contributed by atoms with Gasteiger partial charge in [0, 0.05) is 37.7 Å². The minimum atomic E-state index is -1.36. The zero-order valence-corrected chi connectivity index (χ0v) is 18.0. The third-order valence-corrected chi connectivity index (χ3v) is 4.34. The number of aliphatic carboxylic acids is 1. The van der Waals surface area contributed by atoms with Crippen LogP contribution in [0.15, 0.2) is 24.3 Å². The summed E-state index contributed by atoms with van der Waals surface area (Å²) < 4.78 is 13.1. The molecular formula is C17H22FKN2O4. The summed E-state index contributed by atoms with van der Waals surface area (Å²) in [5, 5.41) is 20.1. The molecule has 25 heavy (non-hydrogen) atoms. The first-order valence-electron chi connectivity index (χ1n) is 7.87. The number of aliphatic hydroxyl groups is 1. The molecule has 1 fully saturated rings. The number of hydrogen-bond acceptors (Lipinski definition) is 5. The Kier molecular flexibility index (Phi) is 8.50. The monoisotopic (exact) mass is 376 g/mol. The van der Waals surface area contributed by atoms with Gasteiger partial charge in [-0.1, -0.05) is 0 Å². The molecule has 0 radical (unpaired) electrons. The molecule has 132 valence electrons. The number of carboxylic acid groups (broad SMARTS) is 1. The Morgan fingerprint density at radius 2 is 1.88 bits per heavy atom. The van der Waals surface area contributed by atoms with Crippen LogP contribution in [0.1, 0.15) is 20.3 Å². The van der Waals surface area contributed by atoms with Gasteiger partial charge in [-0.3, -0.25) is 4.79 Å². The van der Waals surface area contributed by atoms with Gasteiger partial charge in [0.25, 0.3) is 0 Å². The Balaban J connectivity index is 0.00000312. The average molecular weight is 376 g/mol. The van der Waals surface area contributed by atoms with Crippen LogP contribution in [0.5, 0.6) is 0 Å². The van der Waals surface area contributed by atoms with Gasteiger partial charge in [-0.25, -0.2) is 4.39 Å². The summed E-state index contributed by atoms with van der Waals surface area (Å²) in [7, 11) is 0. The minimum absolute atomic E-state index is 0. The molecule has 0 spiro atoms. The van der Waals surface area contributed by atoms with E-state index < -0.39 is 30.5 Å². The molecule has 1 atom stereocenters. The summed E-state index contributed by atoms with van der Waals surface area (Å²) in [6.07, 6.45) is -0.496. The van der Waals surface area contributed by atoms with Crippen LogP contribution < -0.4 is 61.4 Å². The van der Waals surface area contributed by atoms with Gasteiger partial charge in [-0.2, -0.15) is 0 Å². The molecule has 1 unspecified atom stereocenters. The van der Waals surface area contributed by atoms with E-state index in [9.17, 15) is 24.2 Å². The number of carbonyl (C=O) groups excluding carboxylic acids is 2. The van der Waals surface area contributed by atoms with Crippen molar-refractivity contribution in [3.8, 4) is 0 Å². The number of halogens is 1. The van der Waals surface area contributed by atoms with Crippen molar-refractivity contribution in [2.75, 3.05) is 31.1 Å². The van der Waals surface area contributed by atoms with Crippen LogP contribution in [0.3, 0.4) is 0 Å². The molecule has 6 nitrogen and oxygen atoms in total. The zero-order valence-electron chi connectivity index (χ0n) is 14.9. The zero-order chi connectivity index (χ0) is 17.9. The fourth-order valence-electron chi connectivity index (χ4n) is 3.09. The molecule has 2 rings (SSSR count). The van der Waals surface area contributed by atoms with Gasteiger partial charge in [0.15, 0.2) is 0 Å². The molecule has 0 bridgehead atoms. The molecule has 0 aromatic heterocycles. The fourth-order valence-corrected chi connectivity index (χ4v) is 3.09. The Bertz CT molecular complexity index is 609. The normalized spacial score (nSPS) is 17.6. The van der Waals surface area contributed by atoms with Crippen molar-refractivity contribution in [1.82, 2.24) is 4.90 Å². The standard InChI is InChI=1S/C17H23FN2O4.K/c1-17(2)11-19(14-5-3-13(18)4-6-14)7-8-20(17)16(24)12(10-21)9-15(22)23;/h3-6,12,21H,7-11H2,1-2H3,(H,22,23);/q;+1/p-1. The second-order valence-corrected chi connectivity index (χ2v) is 6.66. The number of nitrogens with zero attached hydrogens (tertiary/aromatic N) is 2. The van der Waals surface area contributed by atoms with E-state index >= 15 is 0 Å². The van der Waals surface area contributed by atoms with E-state index in [2.05, 4.69) is 4.90 Å². The largest absolute Gasteiger partial charge is 1.00 e. The van der Waals surface area contributed by atoms with E-state index in [0.717, 1.165) is 5.69 Å². The molecule has 8 heteroatoms. The van der Waals surface area contributed by atoms with Crippen molar-refractivity contribution in [2.24, 2.45) is 5.92 Å². The molecule has 1 aromatic carbocycles. The third-order valence-electron chi connectivity index (χ3n) is 4.34. The van der Waals surface area contributed by atoms with Crippen LogP contribution in [0, 0.1) is 11.7 Å². The summed E-state index contributed by atoms with van der Waals surface area (Å²) in [5.41, 5.74) is 0.313. The third kappa shape index (κ3) is 5.73. The van der Waals surface area contributed by atoms with Gasteiger partial charge in [0.05, 0.1) is 18.1 Å². The summed E-state index contributed by atoms with van der Waals surface area (Å²) >= 11 is 0. The molecule has 1 aromatic rings. The number of hydrogen-bond donors (Lipinski definition) is 1. The van der Waals surface area contributed by atoms with Crippen LogP contribution >= 0.6 is 0 Å². The first-order valence-corrected chi connectivity index (χ1v) is 7.87. The summed E-state index contributed by atoms with van der Waals surface area (Å²) in [4.78, 5) is 27.0. The molecule has 0 saturated carbocycles. The average Bonchev–Trinajstić information content (AvgIpc) is 2.51. The molecular weight excluding hydrogens is 354 g/mol. The van der Waals surface area contributed by atoms with E-state index in [0.29, 0.717) is 19.6 Å². The minimum Gasteiger partial charge on any atom is -0.550 e. The SMILES string of the molecule is CC1(C)CN(c2ccc(F)cc2)CCN1C(=O)C(CO)CC(=O)[O-].[K+]. The number of aliphatic hydroxyl groups excluding tert-OH is 1. The van der Waals surface area contributed by atoms with Gasteiger partial charge in [-0.15, -0.1) is 0 Å². The topological polar surface area (TPSA) is 83.9 Å².